The fraction of sp³-hybridized carbons (Fsp3) is 0.538. The van der Waals surface area contributed by atoms with Crippen LogP contribution >= 0.6 is 15.9 Å². The first-order valence-electron chi connectivity index (χ1n) is 6.31. The number of hydrogen-bond acceptors (Lipinski definition) is 4. The van der Waals surface area contributed by atoms with Gasteiger partial charge in [0, 0.05) is 21.6 Å². The third kappa shape index (κ3) is 2.59. The molecular weight excluding hydrogens is 344 g/mol. The van der Waals surface area contributed by atoms with Gasteiger partial charge in [-0.2, -0.15) is 0 Å². The van der Waals surface area contributed by atoms with Crippen molar-refractivity contribution in [3.63, 3.8) is 0 Å². The summed E-state index contributed by atoms with van der Waals surface area (Å²) in [6.07, 6.45) is -0.0524. The highest BCUT2D eigenvalue weighted by Gasteiger charge is 2.49. The molecule has 0 heterocycles. The molecule has 0 aromatic heterocycles. The Balaban J connectivity index is 2.31. The standard InChI is InChI=1S/C13H19BrN2O3S/c1-7-4-8(14)9(15)5-10(7)20(18,19)16-11-6-12(17)13(11,2)3/h4-5,11-12,16-17H,6,15H2,1-3H3. The molecule has 0 radical (unpaired) electrons. The van der Waals surface area contributed by atoms with Crippen LogP contribution in [0, 0.1) is 12.3 Å². The predicted octanol–water partition coefficient (Wildman–Crippen LogP) is 1.78. The van der Waals surface area contributed by atoms with Gasteiger partial charge in [-0.05, 0) is 47.0 Å². The summed E-state index contributed by atoms with van der Waals surface area (Å²) in [5.41, 5.74) is 6.30. The molecule has 1 saturated carbocycles. The lowest BCUT2D eigenvalue weighted by molar-refractivity contribution is -0.0645. The van der Waals surface area contributed by atoms with Gasteiger partial charge in [-0.3, -0.25) is 0 Å². The van der Waals surface area contributed by atoms with E-state index in [9.17, 15) is 13.5 Å². The third-order valence-electron chi connectivity index (χ3n) is 4.10. The first kappa shape index (κ1) is 15.8. The first-order chi connectivity index (χ1) is 9.05. The van der Waals surface area contributed by atoms with Crippen LogP contribution < -0.4 is 10.5 Å². The van der Waals surface area contributed by atoms with Gasteiger partial charge in [0.25, 0.3) is 0 Å². The molecule has 0 aliphatic heterocycles. The zero-order chi connectivity index (χ0) is 15.3. The summed E-state index contributed by atoms with van der Waals surface area (Å²) in [5.74, 6) is 0. The number of hydrogen-bond donors (Lipinski definition) is 3. The molecule has 1 aliphatic carbocycles. The monoisotopic (exact) mass is 362 g/mol. The fourth-order valence-corrected chi connectivity index (χ4v) is 4.44. The molecule has 4 N–H and O–H groups in total. The van der Waals surface area contributed by atoms with E-state index in [4.69, 9.17) is 5.73 Å². The number of aliphatic hydroxyl groups excluding tert-OH is 1. The summed E-state index contributed by atoms with van der Waals surface area (Å²) in [5, 5.41) is 9.69. The average Bonchev–Trinajstić information content (AvgIpc) is 2.33. The van der Waals surface area contributed by atoms with E-state index in [0.717, 1.165) is 0 Å². The number of sulfonamides is 1. The highest BCUT2D eigenvalue weighted by molar-refractivity contribution is 9.10. The molecule has 0 spiro atoms. The minimum absolute atomic E-state index is 0.176. The quantitative estimate of drug-likeness (QED) is 0.714. The summed E-state index contributed by atoms with van der Waals surface area (Å²) in [7, 11) is -3.65. The van der Waals surface area contributed by atoms with Crippen LogP contribution in [0.3, 0.4) is 0 Å². The van der Waals surface area contributed by atoms with Gasteiger partial charge >= 0.3 is 0 Å². The average molecular weight is 363 g/mol. The summed E-state index contributed by atoms with van der Waals surface area (Å²) >= 11 is 3.28. The second-order valence-electron chi connectivity index (χ2n) is 5.89. The highest BCUT2D eigenvalue weighted by atomic mass is 79.9. The molecule has 112 valence electrons. The van der Waals surface area contributed by atoms with Crippen molar-refractivity contribution in [3.05, 3.63) is 22.2 Å². The van der Waals surface area contributed by atoms with Crippen molar-refractivity contribution in [3.8, 4) is 0 Å². The molecule has 1 aliphatic rings. The molecule has 0 bridgehead atoms. The maximum atomic E-state index is 12.5. The molecule has 1 fully saturated rings. The van der Waals surface area contributed by atoms with Gasteiger partial charge in [0.1, 0.15) is 0 Å². The summed E-state index contributed by atoms with van der Waals surface area (Å²) in [6.45, 7) is 5.41. The van der Waals surface area contributed by atoms with Crippen molar-refractivity contribution in [1.29, 1.82) is 0 Å². The largest absolute Gasteiger partial charge is 0.398 e. The number of nitrogen functional groups attached to an aromatic ring is 1. The molecule has 2 unspecified atom stereocenters. The van der Waals surface area contributed by atoms with E-state index in [1.807, 2.05) is 13.8 Å². The van der Waals surface area contributed by atoms with Crippen molar-refractivity contribution in [2.75, 3.05) is 5.73 Å². The second-order valence-corrected chi connectivity index (χ2v) is 8.42. The molecule has 20 heavy (non-hydrogen) atoms. The van der Waals surface area contributed by atoms with E-state index in [2.05, 4.69) is 20.7 Å². The van der Waals surface area contributed by atoms with E-state index < -0.39 is 21.5 Å². The Bertz CT molecular complexity index is 643. The lowest BCUT2D eigenvalue weighted by atomic mass is 9.65. The summed E-state index contributed by atoms with van der Waals surface area (Å²) in [4.78, 5) is 0.176. The third-order valence-corrected chi connectivity index (χ3v) is 6.40. The number of aryl methyl sites for hydroxylation is 1. The Hall–Kier alpha value is -0.630. The lowest BCUT2D eigenvalue weighted by Gasteiger charge is -2.49. The topological polar surface area (TPSA) is 92.4 Å². The smallest absolute Gasteiger partial charge is 0.241 e. The molecule has 5 nitrogen and oxygen atoms in total. The number of nitrogens with one attached hydrogen (secondary N) is 1. The molecule has 1 aromatic rings. The Labute approximate surface area is 127 Å². The van der Waals surface area contributed by atoms with Crippen LogP contribution in [0.4, 0.5) is 5.69 Å². The van der Waals surface area contributed by atoms with Gasteiger partial charge in [0.2, 0.25) is 10.0 Å². The number of rotatable bonds is 3. The number of halogens is 1. The SMILES string of the molecule is Cc1cc(Br)c(N)cc1S(=O)(=O)NC1CC(O)C1(C)C. The maximum Gasteiger partial charge on any atom is 0.241 e. The Morgan fingerprint density at radius 2 is 2.05 bits per heavy atom. The number of anilines is 1. The van der Waals surface area contributed by atoms with Crippen LogP contribution in [-0.2, 0) is 10.0 Å². The Kier molecular flexibility index (Phi) is 3.92. The van der Waals surface area contributed by atoms with Crippen LogP contribution in [0.2, 0.25) is 0 Å². The predicted molar refractivity (Wildman–Crippen MR) is 81.8 cm³/mol. The van der Waals surface area contributed by atoms with E-state index in [0.29, 0.717) is 22.1 Å². The van der Waals surface area contributed by atoms with Gasteiger partial charge in [-0.25, -0.2) is 13.1 Å². The Morgan fingerprint density at radius 3 is 2.55 bits per heavy atom. The van der Waals surface area contributed by atoms with Gasteiger partial charge in [-0.15, -0.1) is 0 Å². The van der Waals surface area contributed by atoms with Crippen molar-refractivity contribution in [2.24, 2.45) is 5.41 Å². The minimum Gasteiger partial charge on any atom is -0.398 e. The lowest BCUT2D eigenvalue weighted by Crippen LogP contribution is -2.61. The molecule has 0 amide bonds. The van der Waals surface area contributed by atoms with Crippen molar-refractivity contribution in [1.82, 2.24) is 4.72 Å². The van der Waals surface area contributed by atoms with Crippen molar-refractivity contribution in [2.45, 2.75) is 44.2 Å². The normalized spacial score (nSPS) is 25.2. The molecular formula is C13H19BrN2O3S. The van der Waals surface area contributed by atoms with Crippen LogP contribution in [0.1, 0.15) is 25.8 Å². The van der Waals surface area contributed by atoms with Crippen molar-refractivity contribution < 1.29 is 13.5 Å². The van der Waals surface area contributed by atoms with E-state index >= 15 is 0 Å². The zero-order valence-electron chi connectivity index (χ0n) is 11.6. The van der Waals surface area contributed by atoms with Crippen molar-refractivity contribution >= 4 is 31.6 Å². The number of aliphatic hydroxyl groups is 1. The highest BCUT2D eigenvalue weighted by Crippen LogP contribution is 2.41. The minimum atomic E-state index is -3.65. The van der Waals surface area contributed by atoms with E-state index in [1.54, 1.807) is 13.0 Å². The van der Waals surface area contributed by atoms with E-state index in [1.165, 1.54) is 6.07 Å². The fourth-order valence-electron chi connectivity index (χ4n) is 2.31. The molecule has 0 saturated heterocycles. The van der Waals surface area contributed by atoms with Crippen LogP contribution in [0.15, 0.2) is 21.5 Å². The Morgan fingerprint density at radius 1 is 1.45 bits per heavy atom. The summed E-state index contributed by atoms with van der Waals surface area (Å²) < 4.78 is 28.2. The zero-order valence-corrected chi connectivity index (χ0v) is 14.0. The first-order valence-corrected chi connectivity index (χ1v) is 8.59. The second kappa shape index (κ2) is 4.98. The molecule has 7 heteroatoms. The number of nitrogens with two attached hydrogens (primary N) is 1. The molecule has 2 rings (SSSR count). The molecule has 1 aromatic carbocycles. The molecule has 2 atom stereocenters. The van der Waals surface area contributed by atoms with Crippen LogP contribution in [0.5, 0.6) is 0 Å². The maximum absolute atomic E-state index is 12.5. The van der Waals surface area contributed by atoms with Gasteiger partial charge < -0.3 is 10.8 Å². The van der Waals surface area contributed by atoms with Gasteiger partial charge in [0.15, 0.2) is 0 Å². The van der Waals surface area contributed by atoms with Gasteiger partial charge in [-0.1, -0.05) is 13.8 Å². The van der Waals surface area contributed by atoms with Gasteiger partial charge in [0.05, 0.1) is 11.0 Å². The van der Waals surface area contributed by atoms with Crippen LogP contribution in [0.25, 0.3) is 0 Å². The van der Waals surface area contributed by atoms with Crippen LogP contribution in [-0.4, -0.2) is 25.7 Å². The van der Waals surface area contributed by atoms with E-state index in [-0.39, 0.29) is 10.9 Å². The summed E-state index contributed by atoms with van der Waals surface area (Å²) in [6, 6.07) is 2.86. The number of benzene rings is 1.